The van der Waals surface area contributed by atoms with Crippen molar-refractivity contribution in [3.63, 3.8) is 0 Å². The molecule has 4 N–H and O–H groups in total. The van der Waals surface area contributed by atoms with E-state index >= 15 is 0 Å². The van der Waals surface area contributed by atoms with Gasteiger partial charge in [0.25, 0.3) is 0 Å². The number of aliphatic hydroxyl groups excluding tert-OH is 3. The number of aliphatic hydroxyl groups is 3. The topological polar surface area (TPSA) is 72.7 Å². The predicted molar refractivity (Wildman–Crippen MR) is 40.1 cm³/mol. The lowest BCUT2D eigenvalue weighted by Gasteiger charge is -2.36. The minimum Gasteiger partial charge on any atom is -0.395 e. The SMILES string of the molecule is C[C@H]1[C@@H](O)[C@@H](CO)NC[C@H]1O. The lowest BCUT2D eigenvalue weighted by Crippen LogP contribution is -2.57. The highest BCUT2D eigenvalue weighted by Crippen LogP contribution is 2.16. The van der Waals surface area contributed by atoms with Gasteiger partial charge in [-0.1, -0.05) is 6.92 Å². The molecular weight excluding hydrogens is 146 g/mol. The lowest BCUT2D eigenvalue weighted by molar-refractivity contribution is -0.0405. The van der Waals surface area contributed by atoms with Crippen molar-refractivity contribution in [1.82, 2.24) is 5.32 Å². The van der Waals surface area contributed by atoms with Crippen molar-refractivity contribution in [2.24, 2.45) is 5.92 Å². The molecule has 1 fully saturated rings. The van der Waals surface area contributed by atoms with Gasteiger partial charge in [0, 0.05) is 12.5 Å². The highest BCUT2D eigenvalue weighted by Gasteiger charge is 2.33. The highest BCUT2D eigenvalue weighted by molar-refractivity contribution is 4.89. The van der Waals surface area contributed by atoms with Crippen LogP contribution < -0.4 is 5.32 Å². The Labute approximate surface area is 65.9 Å². The first-order valence-electron chi connectivity index (χ1n) is 3.87. The van der Waals surface area contributed by atoms with Crippen molar-refractivity contribution < 1.29 is 15.3 Å². The van der Waals surface area contributed by atoms with Crippen molar-refractivity contribution in [1.29, 1.82) is 0 Å². The van der Waals surface area contributed by atoms with Crippen LogP contribution in [0.1, 0.15) is 6.92 Å². The van der Waals surface area contributed by atoms with E-state index in [4.69, 9.17) is 5.11 Å². The van der Waals surface area contributed by atoms with Gasteiger partial charge in [-0.05, 0) is 0 Å². The van der Waals surface area contributed by atoms with Crippen molar-refractivity contribution in [3.05, 3.63) is 0 Å². The smallest absolute Gasteiger partial charge is 0.0766 e. The maximum atomic E-state index is 9.43. The summed E-state index contributed by atoms with van der Waals surface area (Å²) in [6.45, 7) is 2.14. The van der Waals surface area contributed by atoms with Crippen molar-refractivity contribution in [3.8, 4) is 0 Å². The summed E-state index contributed by atoms with van der Waals surface area (Å²) in [6, 6.07) is -0.284. The average molecular weight is 161 g/mol. The number of piperidine rings is 1. The van der Waals surface area contributed by atoms with Crippen LogP contribution in [0, 0.1) is 5.92 Å². The van der Waals surface area contributed by atoms with Crippen LogP contribution in [-0.4, -0.2) is 46.7 Å². The third kappa shape index (κ3) is 1.70. The molecule has 0 amide bonds. The third-order valence-electron chi connectivity index (χ3n) is 2.34. The number of β-amino-alcohol motifs (C(OH)–C–C–N with tert-alkyl or cyclic N) is 1. The summed E-state index contributed by atoms with van der Waals surface area (Å²) < 4.78 is 0. The summed E-state index contributed by atoms with van der Waals surface area (Å²) in [5.41, 5.74) is 0. The van der Waals surface area contributed by atoms with E-state index < -0.39 is 12.2 Å². The highest BCUT2D eigenvalue weighted by atomic mass is 16.3. The van der Waals surface area contributed by atoms with E-state index in [0.717, 1.165) is 0 Å². The van der Waals surface area contributed by atoms with Crippen molar-refractivity contribution in [2.45, 2.75) is 25.2 Å². The molecule has 0 aromatic heterocycles. The van der Waals surface area contributed by atoms with Gasteiger partial charge in [0.1, 0.15) is 0 Å². The Morgan fingerprint density at radius 3 is 2.64 bits per heavy atom. The maximum absolute atomic E-state index is 9.43. The molecule has 1 heterocycles. The van der Waals surface area contributed by atoms with Gasteiger partial charge < -0.3 is 20.6 Å². The molecule has 0 spiro atoms. The van der Waals surface area contributed by atoms with E-state index in [1.807, 2.05) is 0 Å². The molecule has 4 heteroatoms. The molecule has 66 valence electrons. The fraction of sp³-hybridized carbons (Fsp3) is 1.00. The Morgan fingerprint density at radius 2 is 2.09 bits per heavy atom. The molecule has 1 saturated heterocycles. The van der Waals surface area contributed by atoms with Crippen LogP contribution in [0.15, 0.2) is 0 Å². The summed E-state index contributed by atoms with van der Waals surface area (Å²) in [5.74, 6) is -0.159. The van der Waals surface area contributed by atoms with Crippen LogP contribution in [0.2, 0.25) is 0 Å². The molecule has 1 rings (SSSR count). The monoisotopic (exact) mass is 161 g/mol. The van der Waals surface area contributed by atoms with E-state index in [-0.39, 0.29) is 18.6 Å². The first-order chi connectivity index (χ1) is 5.16. The van der Waals surface area contributed by atoms with Gasteiger partial charge >= 0.3 is 0 Å². The van der Waals surface area contributed by atoms with Gasteiger partial charge in [-0.25, -0.2) is 0 Å². The van der Waals surface area contributed by atoms with Gasteiger partial charge in [0.15, 0.2) is 0 Å². The van der Waals surface area contributed by atoms with Crippen LogP contribution in [0.5, 0.6) is 0 Å². The van der Waals surface area contributed by atoms with Gasteiger partial charge in [-0.3, -0.25) is 0 Å². The zero-order valence-electron chi connectivity index (χ0n) is 6.57. The summed E-state index contributed by atoms with van der Waals surface area (Å²) >= 11 is 0. The first kappa shape index (κ1) is 8.93. The molecule has 0 aromatic rings. The molecule has 0 bridgehead atoms. The second-order valence-electron chi connectivity index (χ2n) is 3.11. The quantitative estimate of drug-likeness (QED) is 0.370. The molecule has 4 nitrogen and oxygen atoms in total. The Kier molecular flexibility index (Phi) is 2.84. The Morgan fingerprint density at radius 1 is 1.45 bits per heavy atom. The molecule has 0 aromatic carbocycles. The minimum absolute atomic E-state index is 0.0851. The third-order valence-corrected chi connectivity index (χ3v) is 2.34. The van der Waals surface area contributed by atoms with Crippen molar-refractivity contribution in [2.75, 3.05) is 13.2 Å². The predicted octanol–water partition coefficient (Wildman–Crippen LogP) is -1.69. The van der Waals surface area contributed by atoms with E-state index in [2.05, 4.69) is 5.32 Å². The summed E-state index contributed by atoms with van der Waals surface area (Å²) in [4.78, 5) is 0. The number of nitrogens with one attached hydrogen (secondary N) is 1. The zero-order chi connectivity index (χ0) is 8.43. The van der Waals surface area contributed by atoms with Crippen LogP contribution in [0.3, 0.4) is 0 Å². The van der Waals surface area contributed by atoms with E-state index in [9.17, 15) is 10.2 Å². The fourth-order valence-corrected chi connectivity index (χ4v) is 1.35. The van der Waals surface area contributed by atoms with E-state index in [1.165, 1.54) is 0 Å². The second kappa shape index (κ2) is 3.49. The minimum atomic E-state index is -0.649. The Hall–Kier alpha value is -0.160. The second-order valence-corrected chi connectivity index (χ2v) is 3.11. The normalized spacial score (nSPS) is 45.8. The summed E-state index contributed by atoms with van der Waals surface area (Å²) in [6.07, 6.45) is -1.16. The molecule has 1 aliphatic heterocycles. The summed E-state index contributed by atoms with van der Waals surface area (Å²) in [7, 11) is 0. The Bertz CT molecular complexity index is 129. The first-order valence-corrected chi connectivity index (χ1v) is 3.87. The molecule has 1 aliphatic rings. The molecule has 0 aliphatic carbocycles. The van der Waals surface area contributed by atoms with Crippen LogP contribution in [0.25, 0.3) is 0 Å². The van der Waals surface area contributed by atoms with Gasteiger partial charge in [0.05, 0.1) is 24.9 Å². The number of hydrogen-bond acceptors (Lipinski definition) is 4. The molecule has 4 atom stereocenters. The molecule has 0 saturated carbocycles. The standard InChI is InChI=1S/C7H15NO3/c1-4-6(10)2-8-5(3-9)7(4)11/h4-11H,2-3H2,1H3/t4-,5-,6-,7-/m1/s1. The van der Waals surface area contributed by atoms with E-state index in [0.29, 0.717) is 6.54 Å². The molecule has 11 heavy (non-hydrogen) atoms. The van der Waals surface area contributed by atoms with Gasteiger partial charge in [-0.15, -0.1) is 0 Å². The van der Waals surface area contributed by atoms with Crippen molar-refractivity contribution >= 4 is 0 Å². The fourth-order valence-electron chi connectivity index (χ4n) is 1.35. The largest absolute Gasteiger partial charge is 0.395 e. The lowest BCUT2D eigenvalue weighted by atomic mass is 9.89. The van der Waals surface area contributed by atoms with Gasteiger partial charge in [0.2, 0.25) is 0 Å². The van der Waals surface area contributed by atoms with Gasteiger partial charge in [-0.2, -0.15) is 0 Å². The summed E-state index contributed by atoms with van der Waals surface area (Å²) in [5, 5.41) is 30.3. The van der Waals surface area contributed by atoms with Crippen LogP contribution in [0.4, 0.5) is 0 Å². The molecular formula is C7H15NO3. The Balaban J connectivity index is 2.52. The number of rotatable bonds is 1. The maximum Gasteiger partial charge on any atom is 0.0766 e. The number of hydrogen-bond donors (Lipinski definition) is 4. The average Bonchev–Trinajstić information content (AvgIpc) is 2.01. The van der Waals surface area contributed by atoms with Crippen LogP contribution >= 0.6 is 0 Å². The molecule has 0 unspecified atom stereocenters. The zero-order valence-corrected chi connectivity index (χ0v) is 6.57. The van der Waals surface area contributed by atoms with Crippen LogP contribution in [-0.2, 0) is 0 Å². The molecule has 0 radical (unpaired) electrons. The van der Waals surface area contributed by atoms with E-state index in [1.54, 1.807) is 6.92 Å².